The van der Waals surface area contributed by atoms with Gasteiger partial charge in [-0.2, -0.15) is 0 Å². The quantitative estimate of drug-likeness (QED) is 0.300. The van der Waals surface area contributed by atoms with Gasteiger partial charge in [-0.1, -0.05) is 30.3 Å². The lowest BCUT2D eigenvalue weighted by Crippen LogP contribution is -2.10. The van der Waals surface area contributed by atoms with Gasteiger partial charge >= 0.3 is 11.9 Å². The van der Waals surface area contributed by atoms with Crippen molar-refractivity contribution in [2.24, 2.45) is 4.99 Å². The standard InChI is InChI=1S/C26H21NO6/c1-3-31-23-15-17(14-21-26(29)33-24(27-21)18-8-5-4-6-9-18)12-13-22(23)32-25(28)19-10-7-11-20(16-19)30-2/h4-16H,3H2,1-2H3. The van der Waals surface area contributed by atoms with E-state index in [0.717, 1.165) is 0 Å². The number of carbonyl (C=O) groups is 2. The average molecular weight is 443 g/mol. The zero-order valence-electron chi connectivity index (χ0n) is 18.1. The maximum Gasteiger partial charge on any atom is 0.363 e. The number of aliphatic imine (C=N–C) groups is 1. The summed E-state index contributed by atoms with van der Waals surface area (Å²) >= 11 is 0. The van der Waals surface area contributed by atoms with Gasteiger partial charge in [0.05, 0.1) is 19.3 Å². The van der Waals surface area contributed by atoms with Gasteiger partial charge in [-0.25, -0.2) is 14.6 Å². The molecule has 4 rings (SSSR count). The van der Waals surface area contributed by atoms with Crippen molar-refractivity contribution in [1.82, 2.24) is 0 Å². The van der Waals surface area contributed by atoms with Crippen molar-refractivity contribution in [3.8, 4) is 17.2 Å². The predicted molar refractivity (Wildman–Crippen MR) is 123 cm³/mol. The fraction of sp³-hybridized carbons (Fsp3) is 0.115. The lowest BCUT2D eigenvalue weighted by Gasteiger charge is -2.12. The zero-order chi connectivity index (χ0) is 23.2. The number of ether oxygens (including phenoxy) is 4. The molecule has 3 aromatic rings. The molecule has 1 heterocycles. The van der Waals surface area contributed by atoms with Crippen LogP contribution in [0.5, 0.6) is 17.2 Å². The van der Waals surface area contributed by atoms with Crippen LogP contribution < -0.4 is 14.2 Å². The molecule has 7 nitrogen and oxygen atoms in total. The number of hydrogen-bond acceptors (Lipinski definition) is 7. The van der Waals surface area contributed by atoms with E-state index in [-0.39, 0.29) is 17.3 Å². The van der Waals surface area contributed by atoms with Crippen LogP contribution in [-0.2, 0) is 9.53 Å². The number of hydrogen-bond donors (Lipinski definition) is 0. The van der Waals surface area contributed by atoms with Gasteiger partial charge in [0, 0.05) is 5.56 Å². The van der Waals surface area contributed by atoms with Gasteiger partial charge in [0.25, 0.3) is 0 Å². The fourth-order valence-corrected chi connectivity index (χ4v) is 3.15. The molecule has 0 unspecified atom stereocenters. The van der Waals surface area contributed by atoms with Crippen LogP contribution in [0.2, 0.25) is 0 Å². The van der Waals surface area contributed by atoms with E-state index < -0.39 is 11.9 Å². The maximum atomic E-state index is 12.6. The summed E-state index contributed by atoms with van der Waals surface area (Å²) in [5.41, 5.74) is 1.87. The maximum absolute atomic E-state index is 12.6. The van der Waals surface area contributed by atoms with Gasteiger partial charge < -0.3 is 18.9 Å². The first-order valence-corrected chi connectivity index (χ1v) is 10.3. The lowest BCUT2D eigenvalue weighted by molar-refractivity contribution is -0.129. The summed E-state index contributed by atoms with van der Waals surface area (Å²) in [5, 5.41) is 0. The number of methoxy groups -OCH3 is 1. The minimum Gasteiger partial charge on any atom is -0.497 e. The van der Waals surface area contributed by atoms with E-state index in [9.17, 15) is 9.59 Å². The first-order valence-electron chi connectivity index (χ1n) is 10.3. The number of cyclic esters (lactones) is 1. The highest BCUT2D eigenvalue weighted by molar-refractivity contribution is 6.12. The van der Waals surface area contributed by atoms with Crippen molar-refractivity contribution in [2.75, 3.05) is 13.7 Å². The van der Waals surface area contributed by atoms with Crippen molar-refractivity contribution in [2.45, 2.75) is 6.92 Å². The van der Waals surface area contributed by atoms with E-state index in [1.54, 1.807) is 48.5 Å². The van der Waals surface area contributed by atoms with Gasteiger partial charge in [-0.15, -0.1) is 0 Å². The van der Waals surface area contributed by atoms with E-state index in [2.05, 4.69) is 4.99 Å². The number of rotatable bonds is 7. The summed E-state index contributed by atoms with van der Waals surface area (Å²) in [7, 11) is 1.53. The van der Waals surface area contributed by atoms with Crippen LogP contribution in [-0.4, -0.2) is 31.6 Å². The van der Waals surface area contributed by atoms with E-state index >= 15 is 0 Å². The molecule has 0 saturated heterocycles. The molecular formula is C26H21NO6. The normalized spacial score (nSPS) is 13.9. The molecule has 0 fully saturated rings. The highest BCUT2D eigenvalue weighted by Crippen LogP contribution is 2.31. The summed E-state index contributed by atoms with van der Waals surface area (Å²) in [6, 6.07) is 20.8. The molecule has 0 atom stereocenters. The van der Waals surface area contributed by atoms with Crippen molar-refractivity contribution in [3.63, 3.8) is 0 Å². The summed E-state index contributed by atoms with van der Waals surface area (Å²) in [5.74, 6) is 0.338. The van der Waals surface area contributed by atoms with Crippen LogP contribution in [0.4, 0.5) is 0 Å². The molecule has 0 bridgehead atoms. The third-order valence-electron chi connectivity index (χ3n) is 4.72. The largest absolute Gasteiger partial charge is 0.497 e. The Hall–Kier alpha value is -4.39. The molecule has 1 aliphatic rings. The molecule has 7 heteroatoms. The number of esters is 2. The second kappa shape index (κ2) is 9.82. The van der Waals surface area contributed by atoms with Crippen LogP contribution in [0.15, 0.2) is 83.5 Å². The van der Waals surface area contributed by atoms with Crippen LogP contribution in [0, 0.1) is 0 Å². The monoisotopic (exact) mass is 443 g/mol. The topological polar surface area (TPSA) is 83.4 Å². The molecule has 166 valence electrons. The van der Waals surface area contributed by atoms with Gasteiger partial charge in [0.2, 0.25) is 5.90 Å². The lowest BCUT2D eigenvalue weighted by atomic mass is 10.1. The Morgan fingerprint density at radius 1 is 1.00 bits per heavy atom. The van der Waals surface area contributed by atoms with Crippen LogP contribution >= 0.6 is 0 Å². The summed E-state index contributed by atoms with van der Waals surface area (Å²) < 4.78 is 21.6. The van der Waals surface area contributed by atoms with E-state index in [1.807, 2.05) is 37.3 Å². The molecule has 0 saturated carbocycles. The Morgan fingerprint density at radius 2 is 1.82 bits per heavy atom. The first kappa shape index (κ1) is 21.8. The fourth-order valence-electron chi connectivity index (χ4n) is 3.15. The summed E-state index contributed by atoms with van der Waals surface area (Å²) in [6.45, 7) is 2.19. The van der Waals surface area contributed by atoms with Gasteiger partial charge in [-0.3, -0.25) is 0 Å². The molecule has 0 aliphatic carbocycles. The van der Waals surface area contributed by atoms with Crippen molar-refractivity contribution >= 4 is 23.9 Å². The van der Waals surface area contributed by atoms with Crippen LogP contribution in [0.1, 0.15) is 28.4 Å². The second-order valence-electron chi connectivity index (χ2n) is 6.96. The Labute approximate surface area is 190 Å². The predicted octanol–water partition coefficient (Wildman–Crippen LogP) is 4.66. The van der Waals surface area contributed by atoms with Crippen molar-refractivity contribution in [1.29, 1.82) is 0 Å². The Kier molecular flexibility index (Phi) is 6.50. The van der Waals surface area contributed by atoms with E-state index in [0.29, 0.717) is 34.8 Å². The number of carbonyl (C=O) groups excluding carboxylic acids is 2. The molecule has 33 heavy (non-hydrogen) atoms. The Morgan fingerprint density at radius 3 is 2.58 bits per heavy atom. The van der Waals surface area contributed by atoms with Gasteiger partial charge in [0.1, 0.15) is 5.75 Å². The molecule has 0 aromatic heterocycles. The van der Waals surface area contributed by atoms with Crippen molar-refractivity contribution in [3.05, 3.63) is 95.2 Å². The van der Waals surface area contributed by atoms with Gasteiger partial charge in [-0.05, 0) is 61.0 Å². The number of benzene rings is 3. The Bertz CT molecular complexity index is 1250. The van der Waals surface area contributed by atoms with Gasteiger partial charge in [0.15, 0.2) is 17.2 Å². The molecule has 0 N–H and O–H groups in total. The molecule has 0 radical (unpaired) electrons. The zero-order valence-corrected chi connectivity index (χ0v) is 18.1. The molecule has 0 spiro atoms. The summed E-state index contributed by atoms with van der Waals surface area (Å²) in [6.07, 6.45) is 1.59. The van der Waals surface area contributed by atoms with Crippen molar-refractivity contribution < 1.29 is 28.5 Å². The highest BCUT2D eigenvalue weighted by Gasteiger charge is 2.24. The minimum absolute atomic E-state index is 0.164. The minimum atomic E-state index is -0.544. The third-order valence-corrected chi connectivity index (χ3v) is 4.72. The smallest absolute Gasteiger partial charge is 0.363 e. The van der Waals surface area contributed by atoms with E-state index in [4.69, 9.17) is 18.9 Å². The molecule has 1 aliphatic heterocycles. The Balaban J connectivity index is 1.58. The van der Waals surface area contributed by atoms with Crippen LogP contribution in [0.3, 0.4) is 0 Å². The molecule has 3 aromatic carbocycles. The third kappa shape index (κ3) is 5.10. The number of nitrogens with zero attached hydrogens (tertiary/aromatic N) is 1. The molecule has 0 amide bonds. The average Bonchev–Trinajstić information content (AvgIpc) is 3.21. The van der Waals surface area contributed by atoms with E-state index in [1.165, 1.54) is 7.11 Å². The first-order chi connectivity index (χ1) is 16.1. The highest BCUT2D eigenvalue weighted by atomic mass is 16.6. The van der Waals surface area contributed by atoms with Crippen LogP contribution in [0.25, 0.3) is 6.08 Å². The summed E-state index contributed by atoms with van der Waals surface area (Å²) in [4.78, 5) is 29.2. The molecular weight excluding hydrogens is 422 g/mol. The second-order valence-corrected chi connectivity index (χ2v) is 6.96. The SMILES string of the molecule is CCOc1cc(C=C2N=C(c3ccccc3)OC2=O)ccc1OC(=O)c1cccc(OC)c1.